The average molecular weight is 204 g/mol. The molecule has 15 heavy (non-hydrogen) atoms. The summed E-state index contributed by atoms with van der Waals surface area (Å²) in [7, 11) is 0. The Morgan fingerprint density at radius 2 is 2.13 bits per heavy atom. The van der Waals surface area contributed by atoms with Gasteiger partial charge in [0.15, 0.2) is 0 Å². The van der Waals surface area contributed by atoms with Crippen LogP contribution in [0.25, 0.3) is 0 Å². The van der Waals surface area contributed by atoms with Crippen molar-refractivity contribution in [3.8, 4) is 0 Å². The van der Waals surface area contributed by atoms with Crippen LogP contribution in [0.3, 0.4) is 0 Å². The number of hydrogen-bond donors (Lipinski definition) is 2. The highest BCUT2D eigenvalue weighted by molar-refractivity contribution is 5.89. The van der Waals surface area contributed by atoms with Crippen LogP contribution < -0.4 is 5.32 Å². The maximum atomic E-state index is 8.69. The standard InChI is InChI=1S/C12H16N2O/c15-8-4-3-7-12-13-9-10-5-1-2-6-11(10)14-12/h1-2,5-6,9,12,14-15H,3-4,7-8H2. The number of hydrogen-bond acceptors (Lipinski definition) is 3. The number of aliphatic hydroxyl groups is 1. The second-order valence-corrected chi connectivity index (χ2v) is 3.74. The number of para-hydroxylation sites is 1. The molecule has 3 heteroatoms. The van der Waals surface area contributed by atoms with Gasteiger partial charge in [0, 0.05) is 24.1 Å². The van der Waals surface area contributed by atoms with Gasteiger partial charge in [0.05, 0.1) is 0 Å². The van der Waals surface area contributed by atoms with Crippen molar-refractivity contribution < 1.29 is 5.11 Å². The Balaban J connectivity index is 1.94. The summed E-state index contributed by atoms with van der Waals surface area (Å²) in [6, 6.07) is 8.16. The zero-order valence-corrected chi connectivity index (χ0v) is 8.69. The van der Waals surface area contributed by atoms with Crippen LogP contribution in [-0.2, 0) is 0 Å². The second kappa shape index (κ2) is 4.94. The molecule has 80 valence electrons. The van der Waals surface area contributed by atoms with E-state index in [9.17, 15) is 0 Å². The Morgan fingerprint density at radius 1 is 1.27 bits per heavy atom. The van der Waals surface area contributed by atoms with Crippen LogP contribution in [0.2, 0.25) is 0 Å². The van der Waals surface area contributed by atoms with Crippen LogP contribution in [-0.4, -0.2) is 24.1 Å². The topological polar surface area (TPSA) is 44.6 Å². The van der Waals surface area contributed by atoms with Gasteiger partial charge in [-0.2, -0.15) is 0 Å². The Kier molecular flexibility index (Phi) is 3.35. The van der Waals surface area contributed by atoms with E-state index in [0.29, 0.717) is 0 Å². The highest BCUT2D eigenvalue weighted by atomic mass is 16.2. The first-order valence-corrected chi connectivity index (χ1v) is 5.40. The quantitative estimate of drug-likeness (QED) is 0.737. The molecule has 0 radical (unpaired) electrons. The molecular weight excluding hydrogens is 188 g/mol. The van der Waals surface area contributed by atoms with E-state index in [0.717, 1.165) is 30.5 Å². The summed E-state index contributed by atoms with van der Waals surface area (Å²) in [5, 5.41) is 12.1. The van der Waals surface area contributed by atoms with E-state index in [-0.39, 0.29) is 12.8 Å². The fourth-order valence-corrected chi connectivity index (χ4v) is 1.72. The first kappa shape index (κ1) is 10.2. The van der Waals surface area contributed by atoms with Crippen LogP contribution in [0.5, 0.6) is 0 Å². The van der Waals surface area contributed by atoms with E-state index in [2.05, 4.69) is 22.4 Å². The molecule has 3 nitrogen and oxygen atoms in total. The first-order chi connectivity index (χ1) is 7.40. The minimum Gasteiger partial charge on any atom is -0.396 e. The third-order valence-electron chi connectivity index (χ3n) is 2.56. The molecule has 0 saturated carbocycles. The van der Waals surface area contributed by atoms with Gasteiger partial charge in [-0.1, -0.05) is 18.2 Å². The van der Waals surface area contributed by atoms with Crippen LogP contribution >= 0.6 is 0 Å². The number of nitrogens with zero attached hydrogens (tertiary/aromatic N) is 1. The van der Waals surface area contributed by atoms with E-state index in [1.807, 2.05) is 18.3 Å². The lowest BCUT2D eigenvalue weighted by Crippen LogP contribution is -2.21. The molecule has 1 unspecified atom stereocenters. The number of nitrogens with one attached hydrogen (secondary N) is 1. The van der Waals surface area contributed by atoms with Crippen molar-refractivity contribution in [1.82, 2.24) is 0 Å². The monoisotopic (exact) mass is 204 g/mol. The van der Waals surface area contributed by atoms with Crippen LogP contribution in [0.4, 0.5) is 5.69 Å². The zero-order valence-electron chi connectivity index (χ0n) is 8.69. The minimum atomic E-state index is 0.173. The van der Waals surface area contributed by atoms with E-state index < -0.39 is 0 Å². The van der Waals surface area contributed by atoms with Gasteiger partial charge in [0.1, 0.15) is 6.17 Å². The van der Waals surface area contributed by atoms with Crippen molar-refractivity contribution in [3.63, 3.8) is 0 Å². The summed E-state index contributed by atoms with van der Waals surface area (Å²) in [6.45, 7) is 0.271. The highest BCUT2D eigenvalue weighted by Gasteiger charge is 2.11. The summed E-state index contributed by atoms with van der Waals surface area (Å²) in [5.41, 5.74) is 2.30. The molecule has 0 spiro atoms. The molecule has 0 aliphatic carbocycles. The molecule has 2 N–H and O–H groups in total. The lowest BCUT2D eigenvalue weighted by atomic mass is 10.1. The van der Waals surface area contributed by atoms with Crippen molar-refractivity contribution in [2.45, 2.75) is 25.4 Å². The molecule has 0 bridgehead atoms. The van der Waals surface area contributed by atoms with Crippen molar-refractivity contribution in [3.05, 3.63) is 29.8 Å². The third-order valence-corrected chi connectivity index (χ3v) is 2.56. The maximum absolute atomic E-state index is 8.69. The first-order valence-electron chi connectivity index (χ1n) is 5.40. The highest BCUT2D eigenvalue weighted by Crippen LogP contribution is 2.20. The molecule has 0 saturated heterocycles. The van der Waals surface area contributed by atoms with Crippen molar-refractivity contribution in [2.24, 2.45) is 4.99 Å². The van der Waals surface area contributed by atoms with Crippen LogP contribution in [0.1, 0.15) is 24.8 Å². The van der Waals surface area contributed by atoms with Crippen LogP contribution in [0, 0.1) is 0 Å². The van der Waals surface area contributed by atoms with Gasteiger partial charge < -0.3 is 10.4 Å². The number of rotatable bonds is 4. The fraction of sp³-hybridized carbons (Fsp3) is 0.417. The summed E-state index contributed by atoms with van der Waals surface area (Å²) in [4.78, 5) is 4.42. The largest absolute Gasteiger partial charge is 0.396 e. The van der Waals surface area contributed by atoms with Crippen molar-refractivity contribution in [1.29, 1.82) is 0 Å². The summed E-state index contributed by atoms with van der Waals surface area (Å²) < 4.78 is 0. The van der Waals surface area contributed by atoms with E-state index in [1.54, 1.807) is 0 Å². The van der Waals surface area contributed by atoms with Gasteiger partial charge in [-0.15, -0.1) is 0 Å². The number of aliphatic hydroxyl groups excluding tert-OH is 1. The number of unbranched alkanes of at least 4 members (excludes halogenated alkanes) is 1. The number of benzene rings is 1. The maximum Gasteiger partial charge on any atom is 0.118 e. The Morgan fingerprint density at radius 3 is 3.00 bits per heavy atom. The van der Waals surface area contributed by atoms with E-state index in [4.69, 9.17) is 5.11 Å². The minimum absolute atomic E-state index is 0.173. The normalized spacial score (nSPS) is 18.3. The van der Waals surface area contributed by atoms with Gasteiger partial charge in [0.25, 0.3) is 0 Å². The molecule has 1 aliphatic rings. The van der Waals surface area contributed by atoms with Gasteiger partial charge in [-0.05, 0) is 25.3 Å². The fourth-order valence-electron chi connectivity index (χ4n) is 1.72. The molecule has 1 aliphatic heterocycles. The van der Waals surface area contributed by atoms with E-state index in [1.165, 1.54) is 0 Å². The lowest BCUT2D eigenvalue weighted by Gasteiger charge is -2.21. The molecule has 1 aromatic rings. The zero-order chi connectivity index (χ0) is 10.5. The second-order valence-electron chi connectivity index (χ2n) is 3.74. The third kappa shape index (κ3) is 2.57. The Hall–Kier alpha value is -1.35. The van der Waals surface area contributed by atoms with Gasteiger partial charge >= 0.3 is 0 Å². The summed E-state index contributed by atoms with van der Waals surface area (Å²) >= 11 is 0. The SMILES string of the molecule is OCCCCC1N=Cc2ccccc2N1. The predicted octanol–water partition coefficient (Wildman–Crippen LogP) is 2.02. The lowest BCUT2D eigenvalue weighted by molar-refractivity contribution is 0.282. The molecule has 0 amide bonds. The van der Waals surface area contributed by atoms with Crippen molar-refractivity contribution >= 4 is 11.9 Å². The molecule has 1 heterocycles. The molecule has 2 rings (SSSR count). The Labute approximate surface area is 89.9 Å². The summed E-state index contributed by atoms with van der Waals surface area (Å²) in [6.07, 6.45) is 4.94. The number of aliphatic imine (C=N–C) groups is 1. The van der Waals surface area contributed by atoms with Crippen LogP contribution in [0.15, 0.2) is 29.3 Å². The summed E-state index contributed by atoms with van der Waals surface area (Å²) in [5.74, 6) is 0. The van der Waals surface area contributed by atoms with Crippen molar-refractivity contribution in [2.75, 3.05) is 11.9 Å². The Bertz CT molecular complexity index is 349. The average Bonchev–Trinajstić information content (AvgIpc) is 2.29. The van der Waals surface area contributed by atoms with Gasteiger partial charge in [-0.25, -0.2) is 0 Å². The van der Waals surface area contributed by atoms with E-state index >= 15 is 0 Å². The van der Waals surface area contributed by atoms with Gasteiger partial charge in [-0.3, -0.25) is 4.99 Å². The molecule has 0 aromatic heterocycles. The number of fused-ring (bicyclic) bond motifs is 1. The molecule has 0 fully saturated rings. The molecular formula is C12H16N2O. The molecule has 1 aromatic carbocycles. The molecule has 1 atom stereocenters. The van der Waals surface area contributed by atoms with Gasteiger partial charge in [0.2, 0.25) is 0 Å². The smallest absolute Gasteiger partial charge is 0.118 e. The predicted molar refractivity (Wildman–Crippen MR) is 62.4 cm³/mol. The number of anilines is 1.